The number of ketones is 2. The van der Waals surface area contributed by atoms with Crippen molar-refractivity contribution in [3.63, 3.8) is 0 Å². The van der Waals surface area contributed by atoms with Crippen molar-refractivity contribution >= 4 is 11.6 Å². The fourth-order valence-corrected chi connectivity index (χ4v) is 1.17. The van der Waals surface area contributed by atoms with Crippen molar-refractivity contribution in [3.05, 3.63) is 23.0 Å². The quantitative estimate of drug-likeness (QED) is 0.482. The fourth-order valence-electron chi connectivity index (χ4n) is 1.17. The first-order valence-corrected chi connectivity index (χ1v) is 4.44. The first-order valence-electron chi connectivity index (χ1n) is 4.44. The van der Waals surface area contributed by atoms with E-state index in [9.17, 15) is 9.59 Å². The highest BCUT2D eigenvalue weighted by atomic mass is 16.5. The molecule has 0 atom stereocenters. The number of nitrogens with zero attached hydrogens (tertiary/aromatic N) is 4. The molecule has 1 aliphatic carbocycles. The zero-order valence-electron chi connectivity index (χ0n) is 9.24. The molecule has 0 heterocycles. The van der Waals surface area contributed by atoms with Gasteiger partial charge in [-0.25, -0.2) is 0 Å². The minimum atomic E-state index is -1.27. The molecule has 0 saturated heterocycles. The van der Waals surface area contributed by atoms with Gasteiger partial charge in [-0.15, -0.1) is 21.0 Å². The van der Waals surface area contributed by atoms with Crippen molar-refractivity contribution in [3.8, 4) is 25.0 Å². The molecule has 20 heavy (non-hydrogen) atoms. The van der Waals surface area contributed by atoms with Crippen molar-refractivity contribution in [2.75, 3.05) is 0 Å². The number of Topliss-reactive ketones (excluding diaryl/α,β-unsaturated/α-hetero) is 2. The maximum absolute atomic E-state index is 11.8. The van der Waals surface area contributed by atoms with Crippen LogP contribution in [0.5, 0.6) is 0 Å². The number of nitriles is 4. The number of hydrogen-bond donors (Lipinski definition) is 0. The van der Waals surface area contributed by atoms with Gasteiger partial charge < -0.3 is 18.9 Å². The lowest BCUT2D eigenvalue weighted by molar-refractivity contribution is -0.124. The average molecular weight is 272 g/mol. The Morgan fingerprint density at radius 1 is 0.550 bits per heavy atom. The lowest BCUT2D eigenvalue weighted by Gasteiger charge is -2.15. The van der Waals surface area contributed by atoms with Crippen LogP contribution in [0.2, 0.25) is 0 Å². The molecule has 1 aliphatic rings. The predicted molar refractivity (Wildman–Crippen MR) is 50.9 cm³/mol. The second-order valence-corrected chi connectivity index (χ2v) is 2.75. The third-order valence-electron chi connectivity index (χ3n) is 1.83. The molecule has 0 N–H and O–H groups in total. The summed E-state index contributed by atoms with van der Waals surface area (Å²) in [5, 5.41) is 33.5. The van der Waals surface area contributed by atoms with E-state index < -0.39 is 34.6 Å². The molecule has 0 fully saturated rings. The van der Waals surface area contributed by atoms with E-state index in [0.717, 1.165) is 25.0 Å². The Morgan fingerprint density at radius 2 is 0.750 bits per heavy atom. The van der Waals surface area contributed by atoms with Crippen molar-refractivity contribution in [1.29, 1.82) is 21.0 Å². The minimum Gasteiger partial charge on any atom is -0.379 e. The van der Waals surface area contributed by atoms with Gasteiger partial charge in [0.25, 0.3) is 36.6 Å². The normalized spacial score (nSPS) is 13.6. The van der Waals surface area contributed by atoms with E-state index >= 15 is 0 Å². The molecule has 0 saturated carbocycles. The number of carbonyl (C=O) groups is 2. The van der Waals surface area contributed by atoms with Crippen molar-refractivity contribution < 1.29 is 28.5 Å². The lowest BCUT2D eigenvalue weighted by Crippen LogP contribution is -2.27. The van der Waals surface area contributed by atoms with E-state index in [-0.39, 0.29) is 0 Å². The third-order valence-corrected chi connectivity index (χ3v) is 1.83. The third kappa shape index (κ3) is 2.30. The summed E-state index contributed by atoms with van der Waals surface area (Å²) >= 11 is 0. The number of hydrogen-bond acceptors (Lipinski definition) is 10. The zero-order chi connectivity index (χ0) is 15.1. The summed E-state index contributed by atoms with van der Waals surface area (Å²) in [4.78, 5) is 23.6. The van der Waals surface area contributed by atoms with Crippen LogP contribution in [-0.2, 0) is 28.5 Å². The molecular weight excluding hydrogens is 272 g/mol. The number of ether oxygens (including phenoxy) is 4. The van der Waals surface area contributed by atoms with Crippen LogP contribution < -0.4 is 0 Å². The largest absolute Gasteiger partial charge is 0.379 e. The van der Waals surface area contributed by atoms with E-state index in [2.05, 4.69) is 18.9 Å². The molecule has 0 aliphatic heterocycles. The Kier molecular flexibility index (Phi) is 4.25. The highest BCUT2D eigenvalue weighted by Gasteiger charge is 2.42. The van der Waals surface area contributed by atoms with Gasteiger partial charge in [-0.05, 0) is 0 Å². The summed E-state index contributed by atoms with van der Waals surface area (Å²) in [7, 11) is 0. The summed E-state index contributed by atoms with van der Waals surface area (Å²) in [6.45, 7) is 0. The Balaban J connectivity index is 3.48. The second-order valence-electron chi connectivity index (χ2n) is 2.75. The highest BCUT2D eigenvalue weighted by Crippen LogP contribution is 2.27. The molecule has 10 heteroatoms. The molecule has 0 radical (unpaired) electrons. The average Bonchev–Trinajstić information content (AvgIpc) is 2.44. The van der Waals surface area contributed by atoms with E-state index in [1.807, 2.05) is 0 Å². The molecule has 0 spiro atoms. The first-order chi connectivity index (χ1) is 9.62. The van der Waals surface area contributed by atoms with Crippen molar-refractivity contribution in [2.24, 2.45) is 0 Å². The molecule has 1 rings (SSSR count). The summed E-state index contributed by atoms with van der Waals surface area (Å²) in [6, 6.07) is 0. The topological polar surface area (TPSA) is 166 Å². The SMILES string of the molecule is N#COC1=C(OC#N)C(=O)C(OC#N)=C(OC#N)C1=O. The van der Waals surface area contributed by atoms with E-state index in [1.54, 1.807) is 0 Å². The van der Waals surface area contributed by atoms with Crippen LogP contribution >= 0.6 is 0 Å². The Labute approximate surface area is 110 Å². The van der Waals surface area contributed by atoms with Crippen molar-refractivity contribution in [2.45, 2.75) is 0 Å². The maximum Gasteiger partial charge on any atom is 0.292 e. The van der Waals surface area contributed by atoms with Gasteiger partial charge in [0, 0.05) is 0 Å². The van der Waals surface area contributed by atoms with Gasteiger partial charge in [-0.3, -0.25) is 9.59 Å². The molecular formula is C10N4O6. The predicted octanol–water partition coefficient (Wildman–Crippen LogP) is -0.448. The van der Waals surface area contributed by atoms with Crippen LogP contribution in [-0.4, -0.2) is 11.6 Å². The summed E-state index contributed by atoms with van der Waals surface area (Å²) in [5.41, 5.74) is 0. The van der Waals surface area contributed by atoms with Crippen LogP contribution in [0.1, 0.15) is 0 Å². The molecule has 0 amide bonds. The second kappa shape index (κ2) is 6.06. The van der Waals surface area contributed by atoms with Crippen LogP contribution in [0, 0.1) is 46.1 Å². The molecule has 0 aromatic carbocycles. The van der Waals surface area contributed by atoms with E-state index in [1.165, 1.54) is 0 Å². The van der Waals surface area contributed by atoms with Gasteiger partial charge in [-0.1, -0.05) is 0 Å². The Hall–Kier alpha value is -4.02. The number of carbonyl (C=O) groups excluding carboxylic acids is 2. The fraction of sp³-hybridized carbons (Fsp3) is 0. The molecule has 0 unspecified atom stereocenters. The van der Waals surface area contributed by atoms with Crippen LogP contribution in [0.3, 0.4) is 0 Å². The summed E-state index contributed by atoms with van der Waals surface area (Å²) in [5.74, 6) is -6.40. The first kappa shape index (κ1) is 14.0. The molecule has 0 bridgehead atoms. The lowest BCUT2D eigenvalue weighted by atomic mass is 10.1. The molecule has 0 aromatic heterocycles. The Bertz CT molecular complexity index is 588. The molecule has 96 valence electrons. The summed E-state index contributed by atoms with van der Waals surface area (Å²) in [6.07, 6.45) is 4.40. The standard InChI is InChI=1S/C10N4O6/c11-1-17-7-5(15)9(19-3-13)10(20-4-14)6(16)8(7)18-2-12. The van der Waals surface area contributed by atoms with Gasteiger partial charge in [0.15, 0.2) is 0 Å². The highest BCUT2D eigenvalue weighted by molar-refractivity contribution is 6.22. The monoisotopic (exact) mass is 272 g/mol. The van der Waals surface area contributed by atoms with Gasteiger partial charge in [0.1, 0.15) is 0 Å². The van der Waals surface area contributed by atoms with Gasteiger partial charge in [0.05, 0.1) is 0 Å². The molecule has 0 aromatic rings. The van der Waals surface area contributed by atoms with Crippen LogP contribution in [0.15, 0.2) is 23.0 Å². The molecule has 10 nitrogen and oxygen atoms in total. The van der Waals surface area contributed by atoms with Crippen LogP contribution in [0.25, 0.3) is 0 Å². The zero-order valence-corrected chi connectivity index (χ0v) is 9.24. The van der Waals surface area contributed by atoms with Gasteiger partial charge in [-0.2, -0.15) is 0 Å². The van der Waals surface area contributed by atoms with Crippen LogP contribution in [0.4, 0.5) is 0 Å². The van der Waals surface area contributed by atoms with Gasteiger partial charge >= 0.3 is 0 Å². The Morgan fingerprint density at radius 3 is 0.900 bits per heavy atom. The minimum absolute atomic E-state index is 0.963. The van der Waals surface area contributed by atoms with Crippen molar-refractivity contribution in [1.82, 2.24) is 0 Å². The summed E-state index contributed by atoms with van der Waals surface area (Å²) < 4.78 is 16.8. The van der Waals surface area contributed by atoms with Gasteiger partial charge in [0.2, 0.25) is 23.0 Å². The van der Waals surface area contributed by atoms with E-state index in [0.29, 0.717) is 0 Å². The maximum atomic E-state index is 11.8. The smallest absolute Gasteiger partial charge is 0.292 e. The number of rotatable bonds is 4. The van der Waals surface area contributed by atoms with E-state index in [4.69, 9.17) is 21.0 Å².